The van der Waals surface area contributed by atoms with Crippen LogP contribution in [0.15, 0.2) is 42.5 Å². The normalized spacial score (nSPS) is 10.7. The van der Waals surface area contributed by atoms with Crippen LogP contribution in [-0.4, -0.2) is 18.0 Å². The number of hydrogen-bond donors (Lipinski definition) is 1. The molecule has 1 amide bonds. The Balaban J connectivity index is 1.89. The quantitative estimate of drug-likeness (QED) is 0.772. The molecule has 1 aromatic heterocycles. The standard InChI is InChI=1S/C21H22N2O2/c1-13-9-10-20(25-4)19(11-13)23-21(24)12-17-14(2)16-7-5-6-8-18(16)22-15(17)3/h5-11H,12H2,1-4H3,(H,23,24). The number of para-hydroxylation sites is 1. The average molecular weight is 334 g/mol. The van der Waals surface area contributed by atoms with E-state index in [1.54, 1.807) is 7.11 Å². The summed E-state index contributed by atoms with van der Waals surface area (Å²) >= 11 is 0. The summed E-state index contributed by atoms with van der Waals surface area (Å²) < 4.78 is 5.33. The van der Waals surface area contributed by atoms with Crippen LogP contribution in [0.25, 0.3) is 10.9 Å². The number of rotatable bonds is 4. The minimum atomic E-state index is -0.0767. The van der Waals surface area contributed by atoms with Crippen molar-refractivity contribution in [1.82, 2.24) is 4.98 Å². The van der Waals surface area contributed by atoms with E-state index in [0.717, 1.165) is 33.3 Å². The van der Waals surface area contributed by atoms with E-state index < -0.39 is 0 Å². The van der Waals surface area contributed by atoms with Crippen molar-refractivity contribution >= 4 is 22.5 Å². The summed E-state index contributed by atoms with van der Waals surface area (Å²) in [5.41, 5.74) is 5.69. The SMILES string of the molecule is COc1ccc(C)cc1NC(=O)Cc1c(C)nc2ccccc2c1C. The van der Waals surface area contributed by atoms with Crippen LogP contribution >= 0.6 is 0 Å². The molecule has 1 heterocycles. The Labute approximate surface area is 147 Å². The summed E-state index contributed by atoms with van der Waals surface area (Å²) in [4.78, 5) is 17.2. The van der Waals surface area contributed by atoms with Crippen molar-refractivity contribution in [2.24, 2.45) is 0 Å². The van der Waals surface area contributed by atoms with Crippen LogP contribution in [0.5, 0.6) is 5.75 Å². The summed E-state index contributed by atoms with van der Waals surface area (Å²) in [6.07, 6.45) is 0.284. The number of benzene rings is 2. The highest BCUT2D eigenvalue weighted by Crippen LogP contribution is 2.27. The van der Waals surface area contributed by atoms with E-state index in [9.17, 15) is 4.79 Å². The monoisotopic (exact) mass is 334 g/mol. The van der Waals surface area contributed by atoms with E-state index in [2.05, 4.69) is 10.3 Å². The maximum Gasteiger partial charge on any atom is 0.228 e. The fourth-order valence-corrected chi connectivity index (χ4v) is 3.11. The minimum absolute atomic E-state index is 0.0767. The van der Waals surface area contributed by atoms with Gasteiger partial charge in [0.25, 0.3) is 0 Å². The lowest BCUT2D eigenvalue weighted by molar-refractivity contribution is -0.115. The first-order chi connectivity index (χ1) is 12.0. The van der Waals surface area contributed by atoms with Gasteiger partial charge in [-0.3, -0.25) is 9.78 Å². The maximum absolute atomic E-state index is 12.6. The Bertz CT molecular complexity index is 948. The van der Waals surface area contributed by atoms with Crippen molar-refractivity contribution in [1.29, 1.82) is 0 Å². The molecule has 0 saturated heterocycles. The van der Waals surface area contributed by atoms with E-state index in [4.69, 9.17) is 4.74 Å². The second-order valence-electron chi connectivity index (χ2n) is 6.25. The fourth-order valence-electron chi connectivity index (χ4n) is 3.11. The molecule has 25 heavy (non-hydrogen) atoms. The third-order valence-corrected chi connectivity index (χ3v) is 4.45. The van der Waals surface area contributed by atoms with Crippen molar-refractivity contribution in [2.75, 3.05) is 12.4 Å². The van der Waals surface area contributed by atoms with Crippen molar-refractivity contribution in [3.63, 3.8) is 0 Å². The largest absolute Gasteiger partial charge is 0.495 e. The van der Waals surface area contributed by atoms with Crippen molar-refractivity contribution in [2.45, 2.75) is 27.2 Å². The Kier molecular flexibility index (Phi) is 4.70. The average Bonchev–Trinajstić information content (AvgIpc) is 2.59. The van der Waals surface area contributed by atoms with Gasteiger partial charge in [-0.15, -0.1) is 0 Å². The molecule has 4 nitrogen and oxygen atoms in total. The second kappa shape index (κ2) is 6.93. The molecule has 0 aliphatic heterocycles. The molecule has 2 aromatic carbocycles. The molecular weight excluding hydrogens is 312 g/mol. The smallest absolute Gasteiger partial charge is 0.228 e. The molecule has 4 heteroatoms. The highest BCUT2D eigenvalue weighted by Gasteiger charge is 2.14. The number of methoxy groups -OCH3 is 1. The highest BCUT2D eigenvalue weighted by molar-refractivity contribution is 5.95. The lowest BCUT2D eigenvalue weighted by Crippen LogP contribution is -2.17. The number of nitrogens with zero attached hydrogens (tertiary/aromatic N) is 1. The molecule has 0 fully saturated rings. The molecule has 0 saturated carbocycles. The predicted molar refractivity (Wildman–Crippen MR) is 101 cm³/mol. The van der Waals surface area contributed by atoms with Crippen LogP contribution in [0.3, 0.4) is 0 Å². The van der Waals surface area contributed by atoms with Gasteiger partial charge in [0, 0.05) is 11.1 Å². The van der Waals surface area contributed by atoms with E-state index in [-0.39, 0.29) is 12.3 Å². The lowest BCUT2D eigenvalue weighted by Gasteiger charge is -2.14. The molecule has 0 unspecified atom stereocenters. The Morgan fingerprint density at radius 1 is 1.12 bits per heavy atom. The molecule has 0 aliphatic rings. The van der Waals surface area contributed by atoms with E-state index >= 15 is 0 Å². The summed E-state index contributed by atoms with van der Waals surface area (Å²) in [5, 5.41) is 4.05. The van der Waals surface area contributed by atoms with Gasteiger partial charge in [-0.2, -0.15) is 0 Å². The molecule has 0 atom stereocenters. The molecular formula is C21H22N2O2. The minimum Gasteiger partial charge on any atom is -0.495 e. The third kappa shape index (κ3) is 3.48. The number of aryl methyl sites for hydroxylation is 3. The fraction of sp³-hybridized carbons (Fsp3) is 0.238. The number of aromatic nitrogens is 1. The number of anilines is 1. The zero-order valence-corrected chi connectivity index (χ0v) is 15.0. The molecule has 0 bridgehead atoms. The van der Waals surface area contributed by atoms with E-state index in [0.29, 0.717) is 11.4 Å². The molecule has 0 aliphatic carbocycles. The van der Waals surface area contributed by atoms with Crippen molar-refractivity contribution in [3.05, 3.63) is 64.8 Å². The van der Waals surface area contributed by atoms with Gasteiger partial charge in [-0.25, -0.2) is 0 Å². The number of hydrogen-bond acceptors (Lipinski definition) is 3. The van der Waals surface area contributed by atoms with Crippen LogP contribution in [0.1, 0.15) is 22.4 Å². The van der Waals surface area contributed by atoms with Gasteiger partial charge in [-0.1, -0.05) is 24.3 Å². The first-order valence-electron chi connectivity index (χ1n) is 8.29. The predicted octanol–water partition coefficient (Wildman–Crippen LogP) is 4.35. The molecule has 0 radical (unpaired) electrons. The zero-order chi connectivity index (χ0) is 18.0. The highest BCUT2D eigenvalue weighted by atomic mass is 16.5. The van der Waals surface area contributed by atoms with Crippen molar-refractivity contribution in [3.8, 4) is 5.75 Å². The summed E-state index contributed by atoms with van der Waals surface area (Å²) in [6.45, 7) is 5.98. The first-order valence-corrected chi connectivity index (χ1v) is 8.29. The lowest BCUT2D eigenvalue weighted by atomic mass is 9.99. The van der Waals surface area contributed by atoms with E-state index in [1.807, 2.05) is 63.2 Å². The van der Waals surface area contributed by atoms with Gasteiger partial charge in [0.05, 0.1) is 24.7 Å². The summed E-state index contributed by atoms with van der Waals surface area (Å²) in [5.74, 6) is 0.580. The van der Waals surface area contributed by atoms with E-state index in [1.165, 1.54) is 0 Å². The Hall–Kier alpha value is -2.88. The number of fused-ring (bicyclic) bond motifs is 1. The molecule has 1 N–H and O–H groups in total. The van der Waals surface area contributed by atoms with Crippen LogP contribution in [0.2, 0.25) is 0 Å². The number of carbonyl (C=O) groups excluding carboxylic acids is 1. The molecule has 3 aromatic rings. The van der Waals surface area contributed by atoms with Gasteiger partial charge in [0.2, 0.25) is 5.91 Å². The van der Waals surface area contributed by atoms with Crippen LogP contribution in [-0.2, 0) is 11.2 Å². The van der Waals surface area contributed by atoms with Crippen LogP contribution in [0, 0.1) is 20.8 Å². The first kappa shape index (κ1) is 17.0. The number of nitrogens with one attached hydrogen (secondary N) is 1. The van der Waals surface area contributed by atoms with Gasteiger partial charge in [0.15, 0.2) is 0 Å². The van der Waals surface area contributed by atoms with Gasteiger partial charge >= 0.3 is 0 Å². The molecule has 128 valence electrons. The topological polar surface area (TPSA) is 51.2 Å². The maximum atomic E-state index is 12.6. The Morgan fingerprint density at radius 3 is 2.64 bits per heavy atom. The zero-order valence-electron chi connectivity index (χ0n) is 15.0. The number of carbonyl (C=O) groups is 1. The third-order valence-electron chi connectivity index (χ3n) is 4.45. The van der Waals surface area contributed by atoms with Gasteiger partial charge < -0.3 is 10.1 Å². The number of ether oxygens (including phenoxy) is 1. The summed E-state index contributed by atoms with van der Waals surface area (Å²) in [7, 11) is 1.60. The number of pyridine rings is 1. The molecule has 0 spiro atoms. The van der Waals surface area contributed by atoms with Gasteiger partial charge in [-0.05, 0) is 55.7 Å². The van der Waals surface area contributed by atoms with Crippen LogP contribution in [0.4, 0.5) is 5.69 Å². The Morgan fingerprint density at radius 2 is 1.88 bits per heavy atom. The summed E-state index contributed by atoms with van der Waals surface area (Å²) in [6, 6.07) is 13.7. The molecule has 3 rings (SSSR count). The van der Waals surface area contributed by atoms with Gasteiger partial charge in [0.1, 0.15) is 5.75 Å². The number of amides is 1. The van der Waals surface area contributed by atoms with Crippen molar-refractivity contribution < 1.29 is 9.53 Å². The van der Waals surface area contributed by atoms with Crippen LogP contribution < -0.4 is 10.1 Å². The second-order valence-corrected chi connectivity index (χ2v) is 6.25.